The minimum atomic E-state index is -0.331. The van der Waals surface area contributed by atoms with Crippen LogP contribution in [0.5, 0.6) is 11.5 Å². The Bertz CT molecular complexity index is 789. The zero-order chi connectivity index (χ0) is 22.0. The number of quaternary nitrogens is 1. The van der Waals surface area contributed by atoms with E-state index in [0.29, 0.717) is 35.4 Å². The molecule has 3 N–H and O–H groups in total. The summed E-state index contributed by atoms with van der Waals surface area (Å²) in [5.41, 5.74) is 3.87. The van der Waals surface area contributed by atoms with E-state index in [9.17, 15) is 15.0 Å². The number of hydrogen-bond donors (Lipinski definition) is 3. The third-order valence-corrected chi connectivity index (χ3v) is 5.39. The summed E-state index contributed by atoms with van der Waals surface area (Å²) < 4.78 is 5.97. The molecule has 1 aliphatic rings. The van der Waals surface area contributed by atoms with E-state index in [1.165, 1.54) is 6.21 Å². The van der Waals surface area contributed by atoms with E-state index < -0.39 is 0 Å². The molecule has 2 rings (SSSR count). The molecule has 0 radical (unpaired) electrons. The van der Waals surface area contributed by atoms with Crippen LogP contribution < -0.4 is 22.4 Å². The van der Waals surface area contributed by atoms with Crippen molar-refractivity contribution in [2.45, 2.75) is 52.4 Å². The first kappa shape index (κ1) is 26.4. The van der Waals surface area contributed by atoms with Crippen LogP contribution in [0.2, 0.25) is 0 Å². The van der Waals surface area contributed by atoms with Crippen molar-refractivity contribution < 1.29 is 41.2 Å². The molecule has 1 aromatic rings. The average Bonchev–Trinajstić information content (AvgIpc) is 2.56. The van der Waals surface area contributed by atoms with Crippen molar-refractivity contribution in [1.82, 2.24) is 5.43 Å². The Morgan fingerprint density at radius 1 is 1.10 bits per heavy atom. The summed E-state index contributed by atoms with van der Waals surface area (Å²) in [5, 5.41) is 25.3. The molecule has 7 nitrogen and oxygen atoms in total. The molecule has 0 atom stereocenters. The zero-order valence-corrected chi connectivity index (χ0v) is 20.8. The van der Waals surface area contributed by atoms with Gasteiger partial charge in [0.2, 0.25) is 0 Å². The summed E-state index contributed by atoms with van der Waals surface area (Å²) in [6.07, 6.45) is 1.42. The van der Waals surface area contributed by atoms with Gasteiger partial charge in [-0.15, -0.1) is 0 Å². The highest BCUT2D eigenvalue weighted by Gasteiger charge is 2.29. The van der Waals surface area contributed by atoms with Crippen LogP contribution in [0.3, 0.4) is 0 Å². The predicted octanol–water partition coefficient (Wildman–Crippen LogP) is -0.376. The van der Waals surface area contributed by atoms with Crippen molar-refractivity contribution >= 4 is 12.1 Å². The molecule has 1 saturated heterocycles. The molecule has 1 heterocycles. The van der Waals surface area contributed by atoms with Crippen molar-refractivity contribution in [3.05, 3.63) is 22.8 Å². The predicted molar refractivity (Wildman–Crippen MR) is 115 cm³/mol. The molecular weight excluding hydrogens is 450 g/mol. The van der Waals surface area contributed by atoms with E-state index in [1.54, 1.807) is 0 Å². The van der Waals surface area contributed by atoms with Crippen molar-refractivity contribution in [2.75, 3.05) is 39.9 Å². The maximum Gasteiger partial charge on any atom is 0.295 e. The summed E-state index contributed by atoms with van der Waals surface area (Å²) >= 11 is 0. The number of hydrazone groups is 1. The Labute approximate surface area is 190 Å². The highest BCUT2D eigenvalue weighted by atomic mass is 79.9. The van der Waals surface area contributed by atoms with Crippen LogP contribution in [0, 0.1) is 0 Å². The van der Waals surface area contributed by atoms with E-state index in [2.05, 4.69) is 10.5 Å². The first-order valence-electron chi connectivity index (χ1n) is 10.1. The quantitative estimate of drug-likeness (QED) is 0.234. The van der Waals surface area contributed by atoms with Crippen molar-refractivity contribution in [1.29, 1.82) is 0 Å². The van der Waals surface area contributed by atoms with Gasteiger partial charge in [0.25, 0.3) is 5.91 Å². The molecule has 170 valence electrons. The van der Waals surface area contributed by atoms with Gasteiger partial charge < -0.3 is 36.4 Å². The van der Waals surface area contributed by atoms with Crippen molar-refractivity contribution in [3.63, 3.8) is 0 Å². The molecule has 0 bridgehead atoms. The maximum absolute atomic E-state index is 12.3. The second-order valence-corrected chi connectivity index (χ2v) is 10.2. The topological polar surface area (TPSA) is 91.2 Å². The summed E-state index contributed by atoms with van der Waals surface area (Å²) in [7, 11) is 2.03. The van der Waals surface area contributed by atoms with E-state index in [1.807, 2.05) is 54.7 Å². The number of ether oxygens (including phenoxy) is 1. The Morgan fingerprint density at radius 3 is 2.13 bits per heavy atom. The summed E-state index contributed by atoms with van der Waals surface area (Å²) in [4.78, 5) is 12.3. The normalized spacial score (nSPS) is 16.9. The number of rotatable bonds is 4. The molecule has 30 heavy (non-hydrogen) atoms. The second-order valence-electron chi connectivity index (χ2n) is 10.2. The fourth-order valence-electron chi connectivity index (χ4n) is 3.49. The van der Waals surface area contributed by atoms with Gasteiger partial charge in [0.05, 0.1) is 26.5 Å². The van der Waals surface area contributed by atoms with Gasteiger partial charge in [-0.05, 0) is 16.4 Å². The average molecular weight is 486 g/mol. The first-order valence-corrected chi connectivity index (χ1v) is 10.1. The number of phenolic OH excluding ortho intramolecular Hbond substituents is 2. The highest BCUT2D eigenvalue weighted by molar-refractivity contribution is 5.89. The van der Waals surface area contributed by atoms with Crippen molar-refractivity contribution in [2.24, 2.45) is 5.10 Å². The van der Waals surface area contributed by atoms with Crippen LogP contribution in [-0.2, 0) is 20.4 Å². The zero-order valence-electron chi connectivity index (χ0n) is 19.2. The van der Waals surface area contributed by atoms with E-state index in [4.69, 9.17) is 4.74 Å². The fraction of sp³-hybridized carbons (Fsp3) is 0.636. The smallest absolute Gasteiger partial charge is 0.295 e. The van der Waals surface area contributed by atoms with Gasteiger partial charge in [-0.1, -0.05) is 47.6 Å². The van der Waals surface area contributed by atoms with Gasteiger partial charge in [0.1, 0.15) is 13.1 Å². The molecule has 1 aliphatic heterocycles. The van der Waals surface area contributed by atoms with E-state index in [0.717, 1.165) is 18.7 Å². The molecule has 0 aromatic heterocycles. The molecule has 0 aliphatic carbocycles. The molecule has 0 unspecified atom stereocenters. The Balaban J connectivity index is 0.00000450. The summed E-state index contributed by atoms with van der Waals surface area (Å²) in [6, 6.07) is 1.91. The number of halogens is 1. The number of nitrogens with zero attached hydrogens (tertiary/aromatic N) is 2. The number of amides is 1. The van der Waals surface area contributed by atoms with E-state index >= 15 is 0 Å². The lowest BCUT2D eigenvalue weighted by atomic mass is 9.77. The van der Waals surface area contributed by atoms with Gasteiger partial charge in [-0.3, -0.25) is 4.79 Å². The van der Waals surface area contributed by atoms with Crippen LogP contribution in [0.4, 0.5) is 0 Å². The van der Waals surface area contributed by atoms with Gasteiger partial charge in [-0.2, -0.15) is 5.10 Å². The van der Waals surface area contributed by atoms with Crippen LogP contribution in [0.1, 0.15) is 58.2 Å². The third kappa shape index (κ3) is 6.43. The van der Waals surface area contributed by atoms with Gasteiger partial charge >= 0.3 is 0 Å². The Morgan fingerprint density at radius 2 is 1.63 bits per heavy atom. The number of nitrogens with one attached hydrogen (secondary N) is 1. The number of aromatic hydroxyl groups is 2. The molecule has 0 spiro atoms. The Hall–Kier alpha value is -1.64. The van der Waals surface area contributed by atoms with Gasteiger partial charge in [-0.25, -0.2) is 5.43 Å². The number of carbonyl (C=O) groups excluding carboxylic acids is 1. The number of carbonyl (C=O) groups is 1. The second kappa shape index (κ2) is 9.66. The molecular formula is C22H36BrN3O4. The largest absolute Gasteiger partial charge is 1.00 e. The number of morpholine rings is 1. The van der Waals surface area contributed by atoms with Gasteiger partial charge in [0, 0.05) is 11.1 Å². The fourth-order valence-corrected chi connectivity index (χ4v) is 3.49. The lowest BCUT2D eigenvalue weighted by Gasteiger charge is -2.36. The van der Waals surface area contributed by atoms with Crippen LogP contribution in [0.15, 0.2) is 11.2 Å². The van der Waals surface area contributed by atoms with Crippen LogP contribution >= 0.6 is 0 Å². The van der Waals surface area contributed by atoms with Crippen LogP contribution in [0.25, 0.3) is 0 Å². The van der Waals surface area contributed by atoms with Crippen molar-refractivity contribution in [3.8, 4) is 11.5 Å². The molecule has 1 aromatic carbocycles. The SMILES string of the molecule is CC(C)(C)c1cc(C(C)(C)C)c(C=NNC(=O)C[N+]2(C)CCOCC2)c(O)c1O.[Br-]. The third-order valence-electron chi connectivity index (χ3n) is 5.39. The maximum atomic E-state index is 12.3. The number of likely N-dealkylation sites (N-methyl/N-ethyl adjacent to an activating group) is 1. The summed E-state index contributed by atoms with van der Waals surface area (Å²) in [6.45, 7) is 15.2. The minimum Gasteiger partial charge on any atom is -1.00 e. The highest BCUT2D eigenvalue weighted by Crippen LogP contribution is 2.43. The first-order chi connectivity index (χ1) is 13.2. The molecule has 1 fully saturated rings. The Kier molecular flexibility index (Phi) is 8.50. The standard InChI is InChI=1S/C22H35N3O4.BrH/c1-21(2,3)16-12-17(22(4,5)6)20(28)19(27)15(16)13-23-24-18(26)14-25(7)8-10-29-11-9-25;/h12-13H,8-11,14H2,1-7H3,(H2-,23,24,26,27,28);1H. The lowest BCUT2D eigenvalue weighted by Crippen LogP contribution is -3.00. The summed E-state index contributed by atoms with van der Waals surface area (Å²) in [5.74, 6) is -0.560. The van der Waals surface area contributed by atoms with E-state index in [-0.39, 0.29) is 45.2 Å². The number of phenols is 2. The molecule has 1 amide bonds. The molecule has 0 saturated carbocycles. The van der Waals surface area contributed by atoms with Crippen LogP contribution in [-0.4, -0.2) is 66.7 Å². The number of hydrogen-bond acceptors (Lipinski definition) is 5. The lowest BCUT2D eigenvalue weighted by molar-refractivity contribution is -0.909. The molecule has 8 heteroatoms. The number of benzene rings is 1. The van der Waals surface area contributed by atoms with Gasteiger partial charge in [0.15, 0.2) is 18.0 Å². The monoisotopic (exact) mass is 485 g/mol. The minimum absolute atomic E-state index is 0.